The molecule has 76 heavy (non-hydrogen) atoms. The van der Waals surface area contributed by atoms with Crippen LogP contribution in [0.25, 0.3) is 0 Å². The minimum Gasteiger partial charge on any atom is -0.550 e. The van der Waals surface area contributed by atoms with Gasteiger partial charge in [-0.2, -0.15) is 0 Å². The zero-order valence-corrected chi connectivity index (χ0v) is 52.2. The molecule has 3 atom stereocenters. The molecule has 0 amide bonds. The third-order valence-electron chi connectivity index (χ3n) is 15.1. The van der Waals surface area contributed by atoms with Crippen LogP contribution in [0.5, 0.6) is 0 Å². The number of carboxylic acids is 3. The smallest absolute Gasteiger partial charge is 0.550 e. The van der Waals surface area contributed by atoms with Crippen LogP contribution in [-0.4, -0.2) is 52.6 Å². The van der Waals surface area contributed by atoms with Gasteiger partial charge < -0.3 is 29.7 Å². The Morgan fingerprint density at radius 1 is 0.237 bits per heavy atom. The fourth-order valence-corrected chi connectivity index (χ4v) is 10.5. The maximum Gasteiger partial charge on any atom is 3.00 e. The van der Waals surface area contributed by atoms with E-state index in [1.807, 2.05) is 0 Å². The van der Waals surface area contributed by atoms with Crippen molar-refractivity contribution in [3.05, 3.63) is 0 Å². The summed E-state index contributed by atoms with van der Waals surface area (Å²) in [5, 5.41) is 31.8. The van der Waals surface area contributed by atoms with Gasteiger partial charge in [-0.1, -0.05) is 330 Å². The Morgan fingerprint density at radius 2 is 0.368 bits per heavy atom. The molecule has 0 N–H and O–H groups in total. The minimum absolute atomic E-state index is 0. The average molecular weight is 1090 g/mol. The van der Waals surface area contributed by atoms with Crippen molar-refractivity contribution >= 4 is 52.6 Å². The Hall–Kier alpha value is -2.05. The van der Waals surface area contributed by atoms with Gasteiger partial charge in [0, 0.05) is 56.4 Å². The molecule has 0 fully saturated rings. The van der Waals surface area contributed by atoms with E-state index in [0.29, 0.717) is 37.0 Å². The molecule has 0 radical (unpaired) electrons. The monoisotopic (exact) mass is 1090 g/mol. The number of carbonyl (C=O) groups is 6. The van der Waals surface area contributed by atoms with Gasteiger partial charge in [-0.25, -0.2) is 0 Å². The van der Waals surface area contributed by atoms with E-state index < -0.39 is 37.2 Å². The summed E-state index contributed by atoms with van der Waals surface area (Å²) in [5.74, 6) is -3.06. The number of Topliss-reactive ketones (excluding diaryl/α,β-unsaturated/α-hetero) is 3. The number of unbranched alkanes of at least 4 members (excludes halogenated alkanes) is 33. The summed E-state index contributed by atoms with van der Waals surface area (Å²) < 4.78 is 0. The largest absolute Gasteiger partial charge is 3.00 e. The van der Waals surface area contributed by atoms with Crippen molar-refractivity contribution in [3.63, 3.8) is 0 Å². The number of rotatable bonds is 57. The molecule has 444 valence electrons. The number of ketones is 3. The fraction of sp³-hybridized carbons (Fsp3) is 0.909. The maximum absolute atomic E-state index is 11.8. The SMILES string of the molecule is CCCCCCCCCC(CCCCCCCC)CC(=O)CC(=O)[O-].CCCCCCCCCC(CCCCCCCC)CC(=O)CC(=O)[O-].CCCCCCCCCC(CCCCCCCC)CC(=O)CC(=O)[O-].[Al+3]. The van der Waals surface area contributed by atoms with E-state index >= 15 is 0 Å². The predicted octanol–water partition coefficient (Wildman–Crippen LogP) is 16.4. The van der Waals surface area contributed by atoms with Crippen LogP contribution < -0.4 is 15.3 Å². The molecule has 0 spiro atoms. The second-order valence-corrected chi connectivity index (χ2v) is 22.9. The summed E-state index contributed by atoms with van der Waals surface area (Å²) in [5.41, 5.74) is 0. The second kappa shape index (κ2) is 65.5. The zero-order valence-electron chi connectivity index (χ0n) is 51.0. The van der Waals surface area contributed by atoms with Crippen molar-refractivity contribution in [3.8, 4) is 0 Å². The van der Waals surface area contributed by atoms with Crippen molar-refractivity contribution in [2.75, 3.05) is 0 Å². The molecule has 0 aliphatic carbocycles. The van der Waals surface area contributed by atoms with Gasteiger partial charge in [0.15, 0.2) is 0 Å². The normalized spacial score (nSPS) is 12.1. The summed E-state index contributed by atoms with van der Waals surface area (Å²) >= 11 is 0. The van der Waals surface area contributed by atoms with E-state index in [1.165, 1.54) is 250 Å². The maximum atomic E-state index is 11.8. The van der Waals surface area contributed by atoms with Crippen molar-refractivity contribution in [1.29, 1.82) is 0 Å². The van der Waals surface area contributed by atoms with Gasteiger partial charge in [0.1, 0.15) is 17.3 Å². The number of hydrogen-bond donors (Lipinski definition) is 0. The molecule has 0 aromatic rings. The molecular weight excluding hydrogens is 964 g/mol. The van der Waals surface area contributed by atoms with Gasteiger partial charge >= 0.3 is 17.4 Å². The summed E-state index contributed by atoms with van der Waals surface area (Å²) in [7, 11) is 0. The Balaban J connectivity index is -0.000000508. The van der Waals surface area contributed by atoms with Gasteiger partial charge in [0.2, 0.25) is 0 Å². The molecule has 0 heterocycles. The summed E-state index contributed by atoms with van der Waals surface area (Å²) in [6.07, 6.45) is 56.1. The third kappa shape index (κ3) is 68.1. The minimum atomic E-state index is -1.24. The van der Waals surface area contributed by atoms with Gasteiger partial charge in [-0.15, -0.1) is 0 Å². The zero-order chi connectivity index (χ0) is 56.3. The van der Waals surface area contributed by atoms with E-state index in [9.17, 15) is 44.1 Å². The van der Waals surface area contributed by atoms with E-state index in [4.69, 9.17) is 0 Å². The molecule has 0 aliphatic heterocycles. The Bertz CT molecular complexity index is 1140. The molecule has 0 aliphatic rings. The topological polar surface area (TPSA) is 172 Å². The van der Waals surface area contributed by atoms with Crippen LogP contribution in [0, 0.1) is 17.8 Å². The van der Waals surface area contributed by atoms with E-state index in [1.54, 1.807) is 0 Å². The van der Waals surface area contributed by atoms with Crippen molar-refractivity contribution in [2.24, 2.45) is 17.8 Å². The first-order valence-electron chi connectivity index (χ1n) is 32.4. The Kier molecular flexibility index (Phi) is 69.3. The number of aliphatic carboxylic acids is 3. The Labute approximate surface area is 481 Å². The molecule has 9 nitrogen and oxygen atoms in total. The van der Waals surface area contributed by atoms with Crippen LogP contribution in [0.1, 0.15) is 369 Å². The molecular formula is C66H123AlO9. The van der Waals surface area contributed by atoms with E-state index in [-0.39, 0.29) is 34.7 Å². The first kappa shape index (κ1) is 80.4. The van der Waals surface area contributed by atoms with Gasteiger partial charge in [-0.05, 0) is 17.8 Å². The van der Waals surface area contributed by atoms with Crippen LogP contribution in [0.3, 0.4) is 0 Å². The Morgan fingerprint density at radius 3 is 0.500 bits per heavy atom. The van der Waals surface area contributed by atoms with Crippen molar-refractivity contribution in [2.45, 2.75) is 369 Å². The van der Waals surface area contributed by atoms with Crippen LogP contribution in [0.4, 0.5) is 0 Å². The molecule has 0 saturated carbocycles. The van der Waals surface area contributed by atoms with Gasteiger partial charge in [-0.3, -0.25) is 14.4 Å². The van der Waals surface area contributed by atoms with E-state index in [0.717, 1.165) is 38.5 Å². The van der Waals surface area contributed by atoms with E-state index in [2.05, 4.69) is 41.5 Å². The van der Waals surface area contributed by atoms with Crippen molar-refractivity contribution in [1.82, 2.24) is 0 Å². The van der Waals surface area contributed by atoms with Crippen LogP contribution >= 0.6 is 0 Å². The number of carboxylic acid groups (broad SMARTS) is 3. The van der Waals surface area contributed by atoms with Crippen LogP contribution in [-0.2, 0) is 28.8 Å². The summed E-state index contributed by atoms with van der Waals surface area (Å²) in [4.78, 5) is 67.3. The molecule has 0 aromatic heterocycles. The average Bonchev–Trinajstić information content (AvgIpc) is 3.35. The quantitative estimate of drug-likeness (QED) is 0.0326. The summed E-state index contributed by atoms with van der Waals surface area (Å²) in [6.45, 7) is 13.4. The van der Waals surface area contributed by atoms with Crippen molar-refractivity contribution < 1.29 is 44.1 Å². The molecule has 3 unspecified atom stereocenters. The second-order valence-electron chi connectivity index (χ2n) is 22.9. The predicted molar refractivity (Wildman–Crippen MR) is 316 cm³/mol. The fourth-order valence-electron chi connectivity index (χ4n) is 10.5. The first-order chi connectivity index (χ1) is 36.3. The molecule has 10 heteroatoms. The number of carbonyl (C=O) groups excluding carboxylic acids is 6. The first-order valence-corrected chi connectivity index (χ1v) is 32.4. The van der Waals surface area contributed by atoms with Crippen LogP contribution in [0.15, 0.2) is 0 Å². The molecule has 0 bridgehead atoms. The van der Waals surface area contributed by atoms with Gasteiger partial charge in [0.25, 0.3) is 0 Å². The molecule has 0 rings (SSSR count). The molecule has 0 saturated heterocycles. The molecule has 0 aromatic carbocycles. The third-order valence-corrected chi connectivity index (χ3v) is 15.1. The van der Waals surface area contributed by atoms with Crippen LogP contribution in [0.2, 0.25) is 0 Å². The summed E-state index contributed by atoms with van der Waals surface area (Å²) in [6, 6.07) is 0. The standard InChI is InChI=1S/3C22H42O3.Al/c3*1-3-5-7-9-11-13-15-17-20(18-21(23)19-22(24)25)16-14-12-10-8-6-4-2;/h3*20H,3-19H2,1-2H3,(H,24,25);/q;;;+3/p-3. The number of hydrogen-bond acceptors (Lipinski definition) is 9. The van der Waals surface area contributed by atoms with Gasteiger partial charge in [0.05, 0.1) is 0 Å².